The summed E-state index contributed by atoms with van der Waals surface area (Å²) in [6.45, 7) is 5.67. The average Bonchev–Trinajstić information content (AvgIpc) is 2.99. The predicted octanol–water partition coefficient (Wildman–Crippen LogP) is 5.32. The predicted molar refractivity (Wildman–Crippen MR) is 163 cm³/mol. The van der Waals surface area contributed by atoms with Gasteiger partial charge in [0.25, 0.3) is 15.9 Å². The van der Waals surface area contributed by atoms with Gasteiger partial charge in [0.1, 0.15) is 5.82 Å². The molecule has 2 amide bonds. The van der Waals surface area contributed by atoms with Crippen LogP contribution in [-0.2, 0) is 26.4 Å². The molecule has 45 heavy (non-hydrogen) atoms. The van der Waals surface area contributed by atoms with Crippen LogP contribution in [0.5, 0.6) is 0 Å². The van der Waals surface area contributed by atoms with Crippen LogP contribution in [0.4, 0.5) is 23.2 Å². The number of sulfonamides is 1. The molecule has 0 spiro atoms. The first-order chi connectivity index (χ1) is 21.0. The third-order valence-corrected chi connectivity index (χ3v) is 9.90. The largest absolute Gasteiger partial charge is 0.418 e. The average molecular weight is 645 g/mol. The minimum atomic E-state index is -4.98. The Balaban J connectivity index is 1.31. The van der Waals surface area contributed by atoms with Crippen molar-refractivity contribution in [3.8, 4) is 0 Å². The highest BCUT2D eigenvalue weighted by atomic mass is 32.2. The van der Waals surface area contributed by atoms with Crippen molar-refractivity contribution in [1.82, 2.24) is 9.80 Å². The molecule has 0 bridgehead atoms. The molecular weight excluding hydrogens is 612 g/mol. The number of nitrogens with zero attached hydrogens (tertiary/aromatic N) is 3. The number of rotatable bonds is 6. The van der Waals surface area contributed by atoms with Gasteiger partial charge in [-0.25, -0.2) is 12.8 Å². The molecule has 2 heterocycles. The van der Waals surface area contributed by atoms with Crippen LogP contribution < -0.4 is 4.72 Å². The van der Waals surface area contributed by atoms with E-state index in [4.69, 9.17) is 0 Å². The van der Waals surface area contributed by atoms with Crippen LogP contribution >= 0.6 is 0 Å². The van der Waals surface area contributed by atoms with Crippen molar-refractivity contribution >= 4 is 33.7 Å². The lowest BCUT2D eigenvalue weighted by Crippen LogP contribution is -2.54. The van der Waals surface area contributed by atoms with E-state index in [1.807, 2.05) is 0 Å². The fraction of sp³-hybridized carbons (Fsp3) is 0.344. The molecule has 1 N–H and O–H groups in total. The molecule has 13 heteroatoms. The summed E-state index contributed by atoms with van der Waals surface area (Å²) in [5.41, 5.74) is -3.41. The Bertz CT molecular complexity index is 1740. The fourth-order valence-electron chi connectivity index (χ4n) is 5.73. The van der Waals surface area contributed by atoms with E-state index in [9.17, 15) is 35.6 Å². The van der Waals surface area contributed by atoms with E-state index in [1.165, 1.54) is 47.5 Å². The highest BCUT2D eigenvalue weighted by Crippen LogP contribution is 2.41. The first-order valence-corrected chi connectivity index (χ1v) is 15.7. The Kier molecular flexibility index (Phi) is 8.28. The number of aliphatic imine (C=N–C) groups is 1. The van der Waals surface area contributed by atoms with Crippen LogP contribution in [-0.4, -0.2) is 68.5 Å². The molecule has 0 aromatic heterocycles. The van der Waals surface area contributed by atoms with Crippen molar-refractivity contribution in [2.75, 3.05) is 30.9 Å². The maximum absolute atomic E-state index is 14.2. The van der Waals surface area contributed by atoms with Gasteiger partial charge >= 0.3 is 6.18 Å². The summed E-state index contributed by atoms with van der Waals surface area (Å²) in [6.07, 6.45) is 4.51. The van der Waals surface area contributed by atoms with E-state index in [2.05, 4.69) is 9.71 Å². The lowest BCUT2D eigenvalue weighted by molar-refractivity contribution is -0.138. The molecule has 1 aliphatic carbocycles. The molecule has 5 rings (SSSR count). The number of hydrogen-bond donors (Lipinski definition) is 1. The molecule has 1 saturated heterocycles. The third kappa shape index (κ3) is 6.31. The van der Waals surface area contributed by atoms with Crippen molar-refractivity contribution in [2.45, 2.75) is 38.4 Å². The minimum absolute atomic E-state index is 0.0800. The van der Waals surface area contributed by atoms with E-state index in [1.54, 1.807) is 43.9 Å². The van der Waals surface area contributed by atoms with Gasteiger partial charge in [0.15, 0.2) is 0 Å². The molecule has 2 aliphatic heterocycles. The normalized spacial score (nSPS) is 21.8. The summed E-state index contributed by atoms with van der Waals surface area (Å²) in [6, 6.07) is 7.48. The number of fused-ring (bicyclic) bond motifs is 1. The highest BCUT2D eigenvalue weighted by Gasteiger charge is 2.42. The number of alkyl halides is 3. The van der Waals surface area contributed by atoms with Crippen LogP contribution in [0, 0.1) is 11.2 Å². The number of nitrogens with one attached hydrogen (secondary N) is 1. The second-order valence-corrected chi connectivity index (χ2v) is 13.6. The number of amides is 2. The highest BCUT2D eigenvalue weighted by molar-refractivity contribution is 7.96. The lowest BCUT2D eigenvalue weighted by Gasteiger charge is -2.39. The Morgan fingerprint density at radius 3 is 2.22 bits per heavy atom. The lowest BCUT2D eigenvalue weighted by atomic mass is 9.78. The maximum Gasteiger partial charge on any atom is 0.418 e. The molecule has 3 aliphatic rings. The number of allylic oxidation sites excluding steroid dienone is 3. The second-order valence-electron chi connectivity index (χ2n) is 11.9. The molecule has 2 aromatic carbocycles. The quantitative estimate of drug-likeness (QED) is 0.431. The summed E-state index contributed by atoms with van der Waals surface area (Å²) in [7, 11) is -4.47. The molecule has 238 valence electrons. The molecule has 2 unspecified atom stereocenters. The van der Waals surface area contributed by atoms with E-state index in [0.717, 1.165) is 12.1 Å². The molecular formula is C32H32F4N4O4S. The molecule has 1 fully saturated rings. The summed E-state index contributed by atoms with van der Waals surface area (Å²) in [4.78, 5) is 33.6. The molecule has 2 aromatic rings. The van der Waals surface area contributed by atoms with E-state index in [0.29, 0.717) is 11.6 Å². The van der Waals surface area contributed by atoms with E-state index < -0.39 is 56.0 Å². The molecule has 2 atom stereocenters. The second kappa shape index (κ2) is 11.6. The number of piperazine rings is 1. The number of hydrogen-bond acceptors (Lipinski definition) is 5. The first-order valence-electron chi connectivity index (χ1n) is 14.2. The zero-order chi connectivity index (χ0) is 32.8. The number of carbonyl (C=O) groups is 2. The summed E-state index contributed by atoms with van der Waals surface area (Å²) in [5, 5.41) is 0. The van der Waals surface area contributed by atoms with Crippen LogP contribution in [0.1, 0.15) is 42.3 Å². The van der Waals surface area contributed by atoms with Crippen LogP contribution in [0.25, 0.3) is 0 Å². The van der Waals surface area contributed by atoms with E-state index >= 15 is 0 Å². The molecule has 8 nitrogen and oxygen atoms in total. The number of carbonyl (C=O) groups excluding carboxylic acids is 2. The monoisotopic (exact) mass is 644 g/mol. The van der Waals surface area contributed by atoms with Gasteiger partial charge in [0, 0.05) is 43.4 Å². The van der Waals surface area contributed by atoms with Crippen molar-refractivity contribution in [3.05, 3.63) is 100 Å². The van der Waals surface area contributed by atoms with Crippen LogP contribution in [0.3, 0.4) is 0 Å². The molecule has 0 radical (unpaired) electrons. The smallest absolute Gasteiger partial charge is 0.338 e. The summed E-state index contributed by atoms with van der Waals surface area (Å²) in [5.74, 6) is -1.33. The Morgan fingerprint density at radius 2 is 1.58 bits per heavy atom. The first kappa shape index (κ1) is 32.1. The third-order valence-electron chi connectivity index (χ3n) is 8.43. The van der Waals surface area contributed by atoms with Gasteiger partial charge in [-0.2, -0.15) is 13.2 Å². The van der Waals surface area contributed by atoms with Gasteiger partial charge in [0.2, 0.25) is 5.91 Å². The Labute approximate surface area is 258 Å². The van der Waals surface area contributed by atoms with Crippen LogP contribution in [0.15, 0.2) is 82.7 Å². The summed E-state index contributed by atoms with van der Waals surface area (Å²) < 4.78 is 84.8. The van der Waals surface area contributed by atoms with Crippen molar-refractivity contribution in [3.63, 3.8) is 0 Å². The maximum atomic E-state index is 14.2. The van der Waals surface area contributed by atoms with Gasteiger partial charge in [-0.15, -0.1) is 0 Å². The number of anilines is 1. The van der Waals surface area contributed by atoms with Crippen molar-refractivity contribution in [2.24, 2.45) is 10.4 Å². The van der Waals surface area contributed by atoms with Crippen molar-refractivity contribution in [1.29, 1.82) is 0 Å². The number of dihydropyridines is 1. The van der Waals surface area contributed by atoms with Gasteiger partial charge < -0.3 is 9.80 Å². The standard InChI is InChI=1S/C32H32F4N4O4S/c1-30(2,22-8-10-23(33)11-9-22)29(42)40-18-16-39(17-19-40)28(41)21-7-12-25(24(20-21)32(34,35)36)38-45(43,44)26-6-4-13-31(3)14-5-15-37-27(26)31/h4-15,20,27,38H,16-19H2,1-3H3. The van der Waals surface area contributed by atoms with Gasteiger partial charge in [-0.1, -0.05) is 37.3 Å². The number of benzene rings is 2. The zero-order valence-electron chi connectivity index (χ0n) is 24.8. The zero-order valence-corrected chi connectivity index (χ0v) is 25.6. The van der Waals surface area contributed by atoms with Crippen molar-refractivity contribution < 1.29 is 35.6 Å². The molecule has 0 saturated carbocycles. The minimum Gasteiger partial charge on any atom is -0.338 e. The topological polar surface area (TPSA) is 99.1 Å². The van der Waals surface area contributed by atoms with Crippen LogP contribution in [0.2, 0.25) is 0 Å². The Morgan fingerprint density at radius 1 is 0.956 bits per heavy atom. The van der Waals surface area contributed by atoms with Gasteiger partial charge in [0.05, 0.1) is 27.6 Å². The van der Waals surface area contributed by atoms with E-state index in [-0.39, 0.29) is 42.6 Å². The number of halogens is 4. The fourth-order valence-corrected chi connectivity index (χ4v) is 7.18. The Hall–Kier alpha value is -4.26. The SMILES string of the molecule is CC(C)(C(=O)N1CCN(C(=O)c2ccc(NS(=O)(=O)C3=CC=CC4(C)C=CC=NC34)c(C(F)(F)F)c2)CC1)c1ccc(F)cc1. The summed E-state index contributed by atoms with van der Waals surface area (Å²) >= 11 is 0. The van der Waals surface area contributed by atoms with Gasteiger partial charge in [-0.3, -0.25) is 19.3 Å². The van der Waals surface area contributed by atoms with Gasteiger partial charge in [-0.05, 0) is 61.9 Å².